The fourth-order valence-electron chi connectivity index (χ4n) is 3.60. The van der Waals surface area contributed by atoms with Crippen molar-refractivity contribution in [2.24, 2.45) is 0 Å². The van der Waals surface area contributed by atoms with Crippen molar-refractivity contribution in [1.29, 1.82) is 0 Å². The average molecular weight is 421 g/mol. The number of carbonyl (C=O) groups is 1. The van der Waals surface area contributed by atoms with E-state index in [-0.39, 0.29) is 5.56 Å². The molecule has 3 heterocycles. The highest BCUT2D eigenvalue weighted by Gasteiger charge is 2.32. The number of alkyl halides is 3. The number of aromatic nitrogens is 2. The van der Waals surface area contributed by atoms with Crippen LogP contribution in [0.15, 0.2) is 36.4 Å². The van der Waals surface area contributed by atoms with E-state index in [0.717, 1.165) is 36.9 Å². The summed E-state index contributed by atoms with van der Waals surface area (Å²) in [4.78, 5) is 18.3. The minimum Gasteiger partial charge on any atom is -0.378 e. The van der Waals surface area contributed by atoms with Crippen LogP contribution in [0, 0.1) is 0 Å². The van der Waals surface area contributed by atoms with Crippen LogP contribution in [0.2, 0.25) is 0 Å². The number of ether oxygens (including phenoxy) is 1. The lowest BCUT2D eigenvalue weighted by atomic mass is 10.1. The number of halogens is 3. The first kappa shape index (κ1) is 20.4. The largest absolute Gasteiger partial charge is 0.416 e. The number of hydrogen-bond donors (Lipinski definition) is 0. The Kier molecular flexibility index (Phi) is 5.76. The van der Waals surface area contributed by atoms with Crippen LogP contribution in [0.25, 0.3) is 0 Å². The van der Waals surface area contributed by atoms with Gasteiger partial charge in [0.05, 0.1) is 18.8 Å². The van der Waals surface area contributed by atoms with Gasteiger partial charge in [0.2, 0.25) is 0 Å². The molecule has 0 N–H and O–H groups in total. The van der Waals surface area contributed by atoms with Gasteiger partial charge in [-0.1, -0.05) is 6.07 Å². The van der Waals surface area contributed by atoms with Gasteiger partial charge in [-0.25, -0.2) is 0 Å². The van der Waals surface area contributed by atoms with Crippen LogP contribution in [0.5, 0.6) is 0 Å². The lowest BCUT2D eigenvalue weighted by Gasteiger charge is -2.35. The Hall–Kier alpha value is -2.88. The van der Waals surface area contributed by atoms with Gasteiger partial charge >= 0.3 is 6.18 Å². The number of piperazine rings is 1. The highest BCUT2D eigenvalue weighted by molar-refractivity contribution is 5.94. The lowest BCUT2D eigenvalue weighted by molar-refractivity contribution is -0.137. The molecule has 2 saturated heterocycles. The third-order valence-corrected chi connectivity index (χ3v) is 5.30. The van der Waals surface area contributed by atoms with Crippen molar-refractivity contribution >= 4 is 17.5 Å². The molecule has 0 saturated carbocycles. The Balaban J connectivity index is 1.36. The topological polar surface area (TPSA) is 61.8 Å². The quantitative estimate of drug-likeness (QED) is 0.758. The molecule has 30 heavy (non-hydrogen) atoms. The second-order valence-corrected chi connectivity index (χ2v) is 7.21. The molecule has 2 aromatic rings. The summed E-state index contributed by atoms with van der Waals surface area (Å²) in [6.45, 7) is 4.79. The number of amides is 1. The highest BCUT2D eigenvalue weighted by atomic mass is 19.4. The van der Waals surface area contributed by atoms with E-state index < -0.39 is 17.6 Å². The van der Waals surface area contributed by atoms with Gasteiger partial charge in [-0.15, -0.1) is 10.2 Å². The third-order valence-electron chi connectivity index (χ3n) is 5.30. The van der Waals surface area contributed by atoms with Crippen molar-refractivity contribution in [3.05, 3.63) is 47.5 Å². The first-order valence-electron chi connectivity index (χ1n) is 9.80. The third kappa shape index (κ3) is 4.48. The second-order valence-electron chi connectivity index (χ2n) is 7.21. The fourth-order valence-corrected chi connectivity index (χ4v) is 3.60. The molecule has 2 aliphatic heterocycles. The zero-order valence-electron chi connectivity index (χ0n) is 16.3. The Morgan fingerprint density at radius 3 is 2.03 bits per heavy atom. The molecule has 160 valence electrons. The molecule has 0 radical (unpaired) electrons. The van der Waals surface area contributed by atoms with E-state index in [1.165, 1.54) is 12.1 Å². The number of benzene rings is 1. The highest BCUT2D eigenvalue weighted by Crippen LogP contribution is 2.30. The van der Waals surface area contributed by atoms with Gasteiger partial charge in [0, 0.05) is 44.8 Å². The van der Waals surface area contributed by atoms with Crippen molar-refractivity contribution in [3.63, 3.8) is 0 Å². The van der Waals surface area contributed by atoms with Crippen molar-refractivity contribution in [2.75, 3.05) is 62.3 Å². The van der Waals surface area contributed by atoms with Crippen LogP contribution in [0.1, 0.15) is 15.9 Å². The predicted molar refractivity (Wildman–Crippen MR) is 105 cm³/mol. The zero-order valence-corrected chi connectivity index (χ0v) is 16.3. The molecule has 0 atom stereocenters. The van der Waals surface area contributed by atoms with Crippen LogP contribution >= 0.6 is 0 Å². The molecular weight excluding hydrogens is 399 g/mol. The summed E-state index contributed by atoms with van der Waals surface area (Å²) in [6.07, 6.45) is -4.47. The summed E-state index contributed by atoms with van der Waals surface area (Å²) < 4.78 is 44.1. The number of rotatable bonds is 3. The number of carbonyl (C=O) groups excluding carboxylic acids is 1. The van der Waals surface area contributed by atoms with E-state index in [0.29, 0.717) is 39.4 Å². The van der Waals surface area contributed by atoms with Crippen molar-refractivity contribution < 1.29 is 22.7 Å². The predicted octanol–water partition coefficient (Wildman–Crippen LogP) is 2.29. The zero-order chi connectivity index (χ0) is 21.1. The molecule has 0 unspecified atom stereocenters. The normalized spacial score (nSPS) is 17.9. The summed E-state index contributed by atoms with van der Waals surface area (Å²) in [7, 11) is 0. The lowest BCUT2D eigenvalue weighted by Crippen LogP contribution is -2.49. The molecular formula is C20H22F3N5O2. The first-order chi connectivity index (χ1) is 14.4. The minimum atomic E-state index is -4.47. The summed E-state index contributed by atoms with van der Waals surface area (Å²) in [5.74, 6) is 1.13. The van der Waals surface area contributed by atoms with E-state index >= 15 is 0 Å². The molecule has 10 heteroatoms. The molecule has 0 bridgehead atoms. The van der Waals surface area contributed by atoms with Gasteiger partial charge in [-0.3, -0.25) is 4.79 Å². The summed E-state index contributed by atoms with van der Waals surface area (Å²) >= 11 is 0. The number of morpholine rings is 1. The molecule has 0 aliphatic carbocycles. The monoisotopic (exact) mass is 421 g/mol. The van der Waals surface area contributed by atoms with Gasteiger partial charge in [0.25, 0.3) is 5.91 Å². The van der Waals surface area contributed by atoms with Gasteiger partial charge in [0.15, 0.2) is 11.6 Å². The van der Waals surface area contributed by atoms with Gasteiger partial charge in [0.1, 0.15) is 0 Å². The van der Waals surface area contributed by atoms with E-state index in [1.54, 1.807) is 4.90 Å². The van der Waals surface area contributed by atoms with E-state index in [4.69, 9.17) is 4.74 Å². The Morgan fingerprint density at radius 2 is 1.47 bits per heavy atom. The van der Waals surface area contributed by atoms with Gasteiger partial charge in [-0.2, -0.15) is 13.2 Å². The van der Waals surface area contributed by atoms with Crippen molar-refractivity contribution in [1.82, 2.24) is 15.1 Å². The Bertz CT molecular complexity index is 877. The Labute approximate surface area is 172 Å². The summed E-state index contributed by atoms with van der Waals surface area (Å²) in [5.41, 5.74) is -0.768. The molecule has 7 nitrogen and oxygen atoms in total. The number of nitrogens with zero attached hydrogens (tertiary/aromatic N) is 5. The molecule has 2 aliphatic rings. The molecule has 1 aromatic carbocycles. The summed E-state index contributed by atoms with van der Waals surface area (Å²) in [6, 6.07) is 8.38. The molecule has 0 spiro atoms. The summed E-state index contributed by atoms with van der Waals surface area (Å²) in [5, 5.41) is 8.61. The molecule has 1 aromatic heterocycles. The van der Waals surface area contributed by atoms with Crippen molar-refractivity contribution in [2.45, 2.75) is 6.18 Å². The fraction of sp³-hybridized carbons (Fsp3) is 0.450. The van der Waals surface area contributed by atoms with Crippen LogP contribution in [0.3, 0.4) is 0 Å². The maximum Gasteiger partial charge on any atom is 0.416 e. The SMILES string of the molecule is O=C(c1cccc(C(F)(F)F)c1)N1CCN(c2ccc(N3CCOCC3)nn2)CC1. The van der Waals surface area contributed by atoms with Gasteiger partial charge in [-0.05, 0) is 30.3 Å². The molecule has 4 rings (SSSR count). The van der Waals surface area contributed by atoms with Crippen LogP contribution in [0.4, 0.5) is 24.8 Å². The first-order valence-corrected chi connectivity index (χ1v) is 9.80. The smallest absolute Gasteiger partial charge is 0.378 e. The number of anilines is 2. The molecule has 2 fully saturated rings. The Morgan fingerprint density at radius 1 is 0.867 bits per heavy atom. The minimum absolute atomic E-state index is 0.0490. The second kappa shape index (κ2) is 8.47. The van der Waals surface area contributed by atoms with Crippen molar-refractivity contribution in [3.8, 4) is 0 Å². The van der Waals surface area contributed by atoms with E-state index in [9.17, 15) is 18.0 Å². The van der Waals surface area contributed by atoms with Crippen LogP contribution < -0.4 is 9.80 Å². The van der Waals surface area contributed by atoms with Crippen LogP contribution in [-0.4, -0.2) is 73.5 Å². The maximum atomic E-state index is 12.9. The van der Waals surface area contributed by atoms with E-state index in [1.807, 2.05) is 17.0 Å². The maximum absolute atomic E-state index is 12.9. The van der Waals surface area contributed by atoms with E-state index in [2.05, 4.69) is 15.1 Å². The number of hydrogen-bond acceptors (Lipinski definition) is 6. The average Bonchev–Trinajstić information content (AvgIpc) is 2.79. The standard InChI is InChI=1S/C20H22F3N5O2/c21-20(22,23)16-3-1-2-15(14-16)19(29)28-8-6-26(7-9-28)17-4-5-18(25-24-17)27-10-12-30-13-11-27/h1-5,14H,6-13H2. The van der Waals surface area contributed by atoms with Gasteiger partial charge < -0.3 is 19.4 Å². The molecule has 1 amide bonds. The van der Waals surface area contributed by atoms with Crippen LogP contribution in [-0.2, 0) is 10.9 Å².